The molecular weight excluding hydrogens is 274 g/mol. The van der Waals surface area contributed by atoms with Gasteiger partial charge in [0.05, 0.1) is 18.6 Å². The molecule has 2 fully saturated rings. The first-order chi connectivity index (χ1) is 10.0. The van der Waals surface area contributed by atoms with Crippen molar-refractivity contribution in [2.75, 3.05) is 11.4 Å². The number of carbonyl (C=O) groups is 2. The number of phenols is 1. The third-order valence-corrected chi connectivity index (χ3v) is 4.55. The molecule has 0 aromatic heterocycles. The van der Waals surface area contributed by atoms with Crippen molar-refractivity contribution in [2.45, 2.75) is 11.7 Å². The van der Waals surface area contributed by atoms with Gasteiger partial charge in [-0.15, -0.1) is 0 Å². The fourth-order valence-electron chi connectivity index (χ4n) is 3.63. The molecule has 4 rings (SSSR count). The molecule has 4 atom stereocenters. The first kappa shape index (κ1) is 12.4. The zero-order valence-electron chi connectivity index (χ0n) is 11.0. The van der Waals surface area contributed by atoms with E-state index in [2.05, 4.69) is 0 Å². The number of benzene rings is 1. The van der Waals surface area contributed by atoms with Gasteiger partial charge in [-0.05, 0) is 24.3 Å². The second-order valence-corrected chi connectivity index (χ2v) is 5.68. The largest absolute Gasteiger partial charge is 0.508 e. The summed E-state index contributed by atoms with van der Waals surface area (Å²) in [4.78, 5) is 25.6. The summed E-state index contributed by atoms with van der Waals surface area (Å²) in [6, 6.07) is 6.27. The summed E-state index contributed by atoms with van der Waals surface area (Å²) in [6.45, 7) is 0.304. The number of aliphatic carboxylic acids is 1. The minimum atomic E-state index is -1.00. The molecule has 1 spiro atoms. The minimum absolute atomic E-state index is 0.115. The number of ether oxygens (including phenoxy) is 1. The van der Waals surface area contributed by atoms with E-state index in [0.29, 0.717) is 12.2 Å². The van der Waals surface area contributed by atoms with Gasteiger partial charge < -0.3 is 19.8 Å². The topological polar surface area (TPSA) is 87.1 Å². The van der Waals surface area contributed by atoms with Crippen molar-refractivity contribution in [1.82, 2.24) is 0 Å². The van der Waals surface area contributed by atoms with Gasteiger partial charge in [-0.3, -0.25) is 9.59 Å². The first-order valence-corrected chi connectivity index (χ1v) is 6.72. The Kier molecular flexibility index (Phi) is 2.28. The third-order valence-electron chi connectivity index (χ3n) is 4.55. The standard InChI is InChI=1S/C15H13NO5/c17-9-3-1-8(2-4-9)16-7-15-6-5-10(21-15)11(14(19)20)12(15)13(16)18/h1-6,10-12,17H,7H2,(H,19,20)/t10-,11+,12+,15+/m1/s1. The minimum Gasteiger partial charge on any atom is -0.508 e. The number of hydrogen-bond acceptors (Lipinski definition) is 4. The van der Waals surface area contributed by atoms with Crippen LogP contribution in [0.2, 0.25) is 0 Å². The number of anilines is 1. The van der Waals surface area contributed by atoms with Crippen molar-refractivity contribution in [2.24, 2.45) is 11.8 Å². The molecule has 1 aromatic carbocycles. The molecule has 6 heteroatoms. The van der Waals surface area contributed by atoms with E-state index in [4.69, 9.17) is 4.74 Å². The third kappa shape index (κ3) is 1.50. The summed E-state index contributed by atoms with van der Waals surface area (Å²) < 4.78 is 5.80. The van der Waals surface area contributed by atoms with Crippen LogP contribution in [0.5, 0.6) is 5.75 Å². The van der Waals surface area contributed by atoms with Gasteiger partial charge in [0.1, 0.15) is 17.3 Å². The number of carbonyl (C=O) groups excluding carboxylic acids is 1. The zero-order chi connectivity index (χ0) is 14.8. The highest BCUT2D eigenvalue weighted by Crippen LogP contribution is 2.52. The number of nitrogens with zero attached hydrogens (tertiary/aromatic N) is 1. The van der Waals surface area contributed by atoms with Gasteiger partial charge in [0.15, 0.2) is 0 Å². The Labute approximate surface area is 120 Å². The second-order valence-electron chi connectivity index (χ2n) is 5.68. The molecule has 3 heterocycles. The van der Waals surface area contributed by atoms with Crippen molar-refractivity contribution in [3.63, 3.8) is 0 Å². The average molecular weight is 287 g/mol. The smallest absolute Gasteiger partial charge is 0.310 e. The number of carboxylic acid groups (broad SMARTS) is 1. The normalized spacial score (nSPS) is 36.3. The van der Waals surface area contributed by atoms with Crippen LogP contribution < -0.4 is 4.90 Å². The van der Waals surface area contributed by atoms with E-state index in [-0.39, 0.29) is 11.7 Å². The van der Waals surface area contributed by atoms with Crippen LogP contribution in [0.4, 0.5) is 5.69 Å². The lowest BCUT2D eigenvalue weighted by Gasteiger charge is -2.21. The summed E-state index contributed by atoms with van der Waals surface area (Å²) in [5, 5.41) is 18.7. The quantitative estimate of drug-likeness (QED) is 0.784. The summed E-state index contributed by atoms with van der Waals surface area (Å²) >= 11 is 0. The van der Waals surface area contributed by atoms with Crippen molar-refractivity contribution in [3.8, 4) is 5.75 Å². The van der Waals surface area contributed by atoms with Gasteiger partial charge in [0.2, 0.25) is 5.91 Å². The Hall–Kier alpha value is -2.34. The molecule has 0 saturated carbocycles. The maximum Gasteiger partial charge on any atom is 0.310 e. The molecule has 6 nitrogen and oxygen atoms in total. The van der Waals surface area contributed by atoms with E-state index >= 15 is 0 Å². The molecule has 108 valence electrons. The van der Waals surface area contributed by atoms with Crippen LogP contribution in [0.3, 0.4) is 0 Å². The Morgan fingerprint density at radius 1 is 1.33 bits per heavy atom. The number of carboxylic acids is 1. The Morgan fingerprint density at radius 3 is 2.71 bits per heavy atom. The lowest BCUT2D eigenvalue weighted by atomic mass is 9.77. The van der Waals surface area contributed by atoms with Crippen LogP contribution in [0, 0.1) is 11.8 Å². The average Bonchev–Trinajstić information content (AvgIpc) is 3.08. The number of amides is 1. The number of fused-ring (bicyclic) bond motifs is 1. The molecule has 3 aliphatic heterocycles. The van der Waals surface area contributed by atoms with Crippen molar-refractivity contribution >= 4 is 17.6 Å². The van der Waals surface area contributed by atoms with Crippen LogP contribution in [-0.2, 0) is 14.3 Å². The van der Waals surface area contributed by atoms with Gasteiger partial charge in [0.25, 0.3) is 0 Å². The molecule has 1 aromatic rings. The van der Waals surface area contributed by atoms with E-state index in [1.165, 1.54) is 17.0 Å². The van der Waals surface area contributed by atoms with Gasteiger partial charge >= 0.3 is 5.97 Å². The fraction of sp³-hybridized carbons (Fsp3) is 0.333. The molecule has 21 heavy (non-hydrogen) atoms. The summed E-state index contributed by atoms with van der Waals surface area (Å²) in [7, 11) is 0. The summed E-state index contributed by atoms with van der Waals surface area (Å²) in [5.74, 6) is -2.63. The van der Waals surface area contributed by atoms with Crippen molar-refractivity contribution < 1.29 is 24.5 Å². The van der Waals surface area contributed by atoms with Crippen LogP contribution in [0.1, 0.15) is 0 Å². The number of hydrogen-bond donors (Lipinski definition) is 2. The molecular formula is C15H13NO5. The predicted octanol–water partition coefficient (Wildman–Crippen LogP) is 0.763. The monoisotopic (exact) mass is 287 g/mol. The molecule has 1 amide bonds. The van der Waals surface area contributed by atoms with Gasteiger partial charge in [0, 0.05) is 5.69 Å². The van der Waals surface area contributed by atoms with E-state index in [0.717, 1.165) is 0 Å². The van der Waals surface area contributed by atoms with E-state index in [1.807, 2.05) is 6.08 Å². The predicted molar refractivity (Wildman–Crippen MR) is 71.8 cm³/mol. The van der Waals surface area contributed by atoms with E-state index in [9.17, 15) is 19.8 Å². The Bertz CT molecular complexity index is 667. The number of phenolic OH excluding ortho intramolecular Hbond substituents is 1. The number of rotatable bonds is 2. The lowest BCUT2D eigenvalue weighted by molar-refractivity contribution is -0.146. The van der Waals surface area contributed by atoms with Crippen LogP contribution in [0.25, 0.3) is 0 Å². The molecule has 2 saturated heterocycles. The van der Waals surface area contributed by atoms with E-state index < -0.39 is 29.5 Å². The van der Waals surface area contributed by atoms with Gasteiger partial charge in [-0.25, -0.2) is 0 Å². The highest BCUT2D eigenvalue weighted by molar-refractivity contribution is 6.02. The Balaban J connectivity index is 1.73. The van der Waals surface area contributed by atoms with Crippen molar-refractivity contribution in [1.29, 1.82) is 0 Å². The SMILES string of the molecule is O=C(O)[C@@H]1[C@H]2C(=O)N(c3ccc(O)cc3)C[C@@]23C=C[C@H]1O3. The lowest BCUT2D eigenvalue weighted by Crippen LogP contribution is -2.39. The van der Waals surface area contributed by atoms with Crippen LogP contribution >= 0.6 is 0 Å². The van der Waals surface area contributed by atoms with Crippen molar-refractivity contribution in [3.05, 3.63) is 36.4 Å². The molecule has 2 bridgehead atoms. The zero-order valence-corrected chi connectivity index (χ0v) is 11.0. The fourth-order valence-corrected chi connectivity index (χ4v) is 3.63. The first-order valence-electron chi connectivity index (χ1n) is 6.72. The summed E-state index contributed by atoms with van der Waals surface area (Å²) in [5.41, 5.74) is -0.200. The maximum absolute atomic E-state index is 12.7. The highest BCUT2D eigenvalue weighted by Gasteiger charge is 2.67. The second kappa shape index (κ2) is 3.85. The Morgan fingerprint density at radius 2 is 2.05 bits per heavy atom. The summed E-state index contributed by atoms with van der Waals surface area (Å²) in [6.07, 6.45) is 3.04. The highest BCUT2D eigenvalue weighted by atomic mass is 16.5. The number of aromatic hydroxyl groups is 1. The molecule has 0 radical (unpaired) electrons. The maximum atomic E-state index is 12.7. The van der Waals surface area contributed by atoms with Crippen LogP contribution in [-0.4, -0.2) is 40.3 Å². The van der Waals surface area contributed by atoms with E-state index in [1.54, 1.807) is 18.2 Å². The molecule has 0 unspecified atom stereocenters. The molecule has 3 aliphatic rings. The molecule has 0 aliphatic carbocycles. The van der Waals surface area contributed by atoms with Gasteiger partial charge in [-0.1, -0.05) is 12.2 Å². The molecule has 2 N–H and O–H groups in total. The van der Waals surface area contributed by atoms with Gasteiger partial charge in [-0.2, -0.15) is 0 Å². The van der Waals surface area contributed by atoms with Crippen LogP contribution in [0.15, 0.2) is 36.4 Å².